The summed E-state index contributed by atoms with van der Waals surface area (Å²) in [5, 5.41) is 7.14. The Bertz CT molecular complexity index is 505. The molecule has 4 nitrogen and oxygen atoms in total. The maximum absolute atomic E-state index is 5.13. The number of aromatic nitrogens is 2. The molecule has 0 radical (unpaired) electrons. The molecule has 0 atom stereocenters. The first-order valence-corrected chi connectivity index (χ1v) is 6.42. The summed E-state index contributed by atoms with van der Waals surface area (Å²) in [6.07, 6.45) is 3.10. The summed E-state index contributed by atoms with van der Waals surface area (Å²) in [6.45, 7) is 0. The average molecular weight is 294 g/mol. The van der Waals surface area contributed by atoms with Gasteiger partial charge >= 0.3 is 6.01 Å². The molecular formula is C12H12BrN3O. The van der Waals surface area contributed by atoms with E-state index < -0.39 is 0 Å². The lowest BCUT2D eigenvalue weighted by atomic mass is 10.1. The number of hydrogen-bond acceptors (Lipinski definition) is 4. The van der Waals surface area contributed by atoms with Crippen LogP contribution in [-0.2, 0) is 6.42 Å². The number of halogens is 1. The Balaban J connectivity index is 1.67. The summed E-state index contributed by atoms with van der Waals surface area (Å²) < 4.78 is 6.20. The molecule has 2 aromatic rings. The molecule has 1 aromatic carbocycles. The third kappa shape index (κ3) is 2.85. The van der Waals surface area contributed by atoms with Gasteiger partial charge in [0, 0.05) is 16.9 Å². The normalized spacial score (nSPS) is 14.9. The summed E-state index contributed by atoms with van der Waals surface area (Å²) in [7, 11) is 0. The highest BCUT2D eigenvalue weighted by Gasteiger charge is 2.23. The van der Waals surface area contributed by atoms with Crippen molar-refractivity contribution in [2.75, 3.05) is 5.32 Å². The van der Waals surface area contributed by atoms with Crippen LogP contribution in [0.3, 0.4) is 0 Å². The predicted octanol–water partition coefficient (Wildman–Crippen LogP) is 3.00. The molecule has 1 aliphatic carbocycles. The van der Waals surface area contributed by atoms with E-state index >= 15 is 0 Å². The molecule has 1 aromatic heterocycles. The zero-order chi connectivity index (χ0) is 11.7. The molecule has 1 fully saturated rings. The van der Waals surface area contributed by atoms with E-state index in [9.17, 15) is 0 Å². The van der Waals surface area contributed by atoms with Gasteiger partial charge in [-0.25, -0.2) is 0 Å². The van der Waals surface area contributed by atoms with Gasteiger partial charge in [0.05, 0.1) is 0 Å². The van der Waals surface area contributed by atoms with Crippen LogP contribution in [0.1, 0.15) is 24.2 Å². The molecule has 0 saturated heterocycles. The fourth-order valence-corrected chi connectivity index (χ4v) is 1.84. The van der Waals surface area contributed by atoms with E-state index in [-0.39, 0.29) is 0 Å². The lowest BCUT2D eigenvalue weighted by Crippen LogP contribution is -2.00. The van der Waals surface area contributed by atoms with Gasteiger partial charge in [0.15, 0.2) is 5.82 Å². The van der Waals surface area contributed by atoms with Crippen molar-refractivity contribution in [3.05, 3.63) is 40.1 Å². The van der Waals surface area contributed by atoms with Gasteiger partial charge in [-0.2, -0.15) is 4.98 Å². The van der Waals surface area contributed by atoms with Crippen LogP contribution in [0.4, 0.5) is 6.01 Å². The molecule has 0 spiro atoms. The lowest BCUT2D eigenvalue weighted by molar-refractivity contribution is 0.423. The van der Waals surface area contributed by atoms with Crippen LogP contribution in [-0.4, -0.2) is 16.2 Å². The number of hydrogen-bond donors (Lipinski definition) is 1. The minimum atomic E-state index is 0.538. The third-order valence-corrected chi connectivity index (χ3v) is 3.18. The molecule has 0 bridgehead atoms. The van der Waals surface area contributed by atoms with Gasteiger partial charge < -0.3 is 9.84 Å². The van der Waals surface area contributed by atoms with Crippen molar-refractivity contribution < 1.29 is 4.52 Å². The van der Waals surface area contributed by atoms with Crippen LogP contribution in [0.2, 0.25) is 0 Å². The van der Waals surface area contributed by atoms with Gasteiger partial charge in [0.2, 0.25) is 0 Å². The molecule has 1 aliphatic rings. The topological polar surface area (TPSA) is 51.0 Å². The van der Waals surface area contributed by atoms with Crippen LogP contribution >= 0.6 is 15.9 Å². The van der Waals surface area contributed by atoms with Crippen molar-refractivity contribution in [3.63, 3.8) is 0 Å². The van der Waals surface area contributed by atoms with Crippen molar-refractivity contribution in [1.82, 2.24) is 10.1 Å². The standard InChI is InChI=1S/C12H12BrN3O/c13-9-3-1-8(2-4-9)7-11-15-12(17-16-11)14-10-5-6-10/h1-4,10H,5-7H2,(H,14,15,16). The van der Waals surface area contributed by atoms with E-state index in [4.69, 9.17) is 4.52 Å². The molecule has 88 valence electrons. The number of anilines is 1. The number of benzene rings is 1. The first-order valence-electron chi connectivity index (χ1n) is 5.63. The smallest absolute Gasteiger partial charge is 0.321 e. The van der Waals surface area contributed by atoms with Crippen LogP contribution in [0.25, 0.3) is 0 Å². The second-order valence-electron chi connectivity index (χ2n) is 4.24. The van der Waals surface area contributed by atoms with Gasteiger partial charge in [0.25, 0.3) is 0 Å². The highest BCUT2D eigenvalue weighted by atomic mass is 79.9. The van der Waals surface area contributed by atoms with Crippen LogP contribution in [0.15, 0.2) is 33.3 Å². The van der Waals surface area contributed by atoms with Crippen molar-refractivity contribution >= 4 is 21.9 Å². The second kappa shape index (κ2) is 4.49. The summed E-state index contributed by atoms with van der Waals surface area (Å²) in [5.74, 6) is 0.718. The number of nitrogens with one attached hydrogen (secondary N) is 1. The minimum Gasteiger partial charge on any atom is -0.335 e. The second-order valence-corrected chi connectivity index (χ2v) is 5.15. The third-order valence-electron chi connectivity index (χ3n) is 2.65. The predicted molar refractivity (Wildman–Crippen MR) is 67.9 cm³/mol. The van der Waals surface area contributed by atoms with Crippen LogP contribution in [0.5, 0.6) is 0 Å². The van der Waals surface area contributed by atoms with Crippen LogP contribution in [0, 0.1) is 0 Å². The summed E-state index contributed by atoms with van der Waals surface area (Å²) >= 11 is 3.41. The van der Waals surface area contributed by atoms with Crippen molar-refractivity contribution in [2.24, 2.45) is 0 Å². The van der Waals surface area contributed by atoms with Gasteiger partial charge in [-0.1, -0.05) is 33.2 Å². The number of rotatable bonds is 4. The molecular weight excluding hydrogens is 282 g/mol. The van der Waals surface area contributed by atoms with E-state index in [0.717, 1.165) is 10.3 Å². The van der Waals surface area contributed by atoms with Gasteiger partial charge in [0.1, 0.15) is 0 Å². The fraction of sp³-hybridized carbons (Fsp3) is 0.333. The fourth-order valence-electron chi connectivity index (χ4n) is 1.57. The summed E-state index contributed by atoms with van der Waals surface area (Å²) in [5.41, 5.74) is 1.17. The Hall–Kier alpha value is -1.36. The van der Waals surface area contributed by atoms with Gasteiger partial charge in [-0.3, -0.25) is 0 Å². The Morgan fingerprint density at radius 1 is 1.29 bits per heavy atom. The van der Waals surface area contributed by atoms with E-state index in [0.29, 0.717) is 18.5 Å². The molecule has 1 saturated carbocycles. The molecule has 0 unspecified atom stereocenters. The number of nitrogens with zero attached hydrogens (tertiary/aromatic N) is 2. The highest BCUT2D eigenvalue weighted by molar-refractivity contribution is 9.10. The van der Waals surface area contributed by atoms with E-state index in [1.54, 1.807) is 0 Å². The average Bonchev–Trinajstić information content (AvgIpc) is 3.02. The Morgan fingerprint density at radius 3 is 2.76 bits per heavy atom. The Labute approximate surface area is 108 Å². The molecule has 0 amide bonds. The summed E-state index contributed by atoms with van der Waals surface area (Å²) in [6, 6.07) is 9.20. The molecule has 17 heavy (non-hydrogen) atoms. The first kappa shape index (κ1) is 10.8. The quantitative estimate of drug-likeness (QED) is 0.941. The van der Waals surface area contributed by atoms with Crippen molar-refractivity contribution in [2.45, 2.75) is 25.3 Å². The van der Waals surface area contributed by atoms with Crippen molar-refractivity contribution in [3.8, 4) is 0 Å². The SMILES string of the molecule is Brc1ccc(Cc2noc(NC3CC3)n2)cc1. The highest BCUT2D eigenvalue weighted by Crippen LogP contribution is 2.23. The minimum absolute atomic E-state index is 0.538. The first-order chi connectivity index (χ1) is 8.29. The maximum Gasteiger partial charge on any atom is 0.321 e. The zero-order valence-electron chi connectivity index (χ0n) is 9.19. The van der Waals surface area contributed by atoms with Crippen LogP contribution < -0.4 is 5.32 Å². The molecule has 0 aliphatic heterocycles. The lowest BCUT2D eigenvalue weighted by Gasteiger charge is -1.96. The zero-order valence-corrected chi connectivity index (χ0v) is 10.8. The molecule has 5 heteroatoms. The van der Waals surface area contributed by atoms with Gasteiger partial charge in [-0.05, 0) is 30.5 Å². The van der Waals surface area contributed by atoms with E-state index in [2.05, 4.69) is 43.5 Å². The molecule has 1 N–H and O–H groups in total. The molecule has 1 heterocycles. The largest absolute Gasteiger partial charge is 0.335 e. The van der Waals surface area contributed by atoms with Gasteiger partial charge in [-0.15, -0.1) is 0 Å². The maximum atomic E-state index is 5.13. The summed E-state index contributed by atoms with van der Waals surface area (Å²) in [4.78, 5) is 4.31. The molecule has 3 rings (SSSR count). The Kier molecular flexibility index (Phi) is 2.84. The Morgan fingerprint density at radius 2 is 2.06 bits per heavy atom. The van der Waals surface area contributed by atoms with Crippen molar-refractivity contribution in [1.29, 1.82) is 0 Å². The monoisotopic (exact) mass is 293 g/mol. The van der Waals surface area contributed by atoms with E-state index in [1.807, 2.05) is 12.1 Å². The van der Waals surface area contributed by atoms with E-state index in [1.165, 1.54) is 18.4 Å².